The van der Waals surface area contributed by atoms with Crippen LogP contribution in [0, 0.1) is 17.2 Å². The minimum atomic E-state index is -0.413. The number of nitrogens with zero attached hydrogens (tertiary/aromatic N) is 4. The minimum Gasteiger partial charge on any atom is -0.372 e. The van der Waals surface area contributed by atoms with Crippen molar-refractivity contribution in [2.45, 2.75) is 51.4 Å². The summed E-state index contributed by atoms with van der Waals surface area (Å²) in [4.78, 5) is 11.1. The molecule has 1 saturated carbocycles. The van der Waals surface area contributed by atoms with E-state index >= 15 is 4.39 Å². The van der Waals surface area contributed by atoms with E-state index in [2.05, 4.69) is 32.3 Å². The first-order valence-corrected chi connectivity index (χ1v) is 10.8. The second-order valence-corrected chi connectivity index (χ2v) is 9.23. The molecule has 4 aliphatic rings. The van der Waals surface area contributed by atoms with Gasteiger partial charge in [0.2, 0.25) is 5.58 Å². The number of anilines is 2. The lowest BCUT2D eigenvalue weighted by molar-refractivity contribution is -0.0432. The van der Waals surface area contributed by atoms with E-state index in [1.807, 2.05) is 25.4 Å². The summed E-state index contributed by atoms with van der Waals surface area (Å²) in [5.41, 5.74) is 1.36. The lowest BCUT2D eigenvalue weighted by Crippen LogP contribution is -2.65. The molecule has 158 valence electrons. The van der Waals surface area contributed by atoms with Gasteiger partial charge in [-0.15, -0.1) is 0 Å². The first-order valence-electron chi connectivity index (χ1n) is 10.8. The summed E-state index contributed by atoms with van der Waals surface area (Å²) in [7, 11) is 0. The van der Waals surface area contributed by atoms with Crippen LogP contribution < -0.4 is 10.2 Å². The molecule has 1 N–H and O–H groups in total. The van der Waals surface area contributed by atoms with E-state index in [4.69, 9.17) is 9.26 Å². The number of fused-ring (bicyclic) bond motifs is 5. The molecule has 0 amide bonds. The monoisotopic (exact) mass is 411 g/mol. The zero-order valence-electron chi connectivity index (χ0n) is 17.3. The van der Waals surface area contributed by atoms with Crippen LogP contribution in [0.15, 0.2) is 20.6 Å². The lowest BCUT2D eigenvalue weighted by atomic mass is 9.69. The van der Waals surface area contributed by atoms with Crippen LogP contribution in [0.2, 0.25) is 0 Å². The fraction of sp³-hybridized carbons (Fsp3) is 0.591. The number of halogens is 1. The van der Waals surface area contributed by atoms with Crippen LogP contribution in [0.1, 0.15) is 32.3 Å². The summed E-state index contributed by atoms with van der Waals surface area (Å²) in [6.45, 7) is 5.99. The predicted octanol–water partition coefficient (Wildman–Crippen LogP) is 3.43. The van der Waals surface area contributed by atoms with Gasteiger partial charge in [0.05, 0.1) is 34.7 Å². The Bertz CT molecular complexity index is 1050. The molecule has 3 aliphatic heterocycles. The van der Waals surface area contributed by atoms with Crippen LogP contribution in [-0.2, 0) is 11.2 Å². The number of morpholine rings is 1. The van der Waals surface area contributed by atoms with E-state index in [9.17, 15) is 0 Å². The first-order chi connectivity index (χ1) is 14.6. The first kappa shape index (κ1) is 18.3. The van der Waals surface area contributed by atoms with Crippen molar-refractivity contribution in [3.8, 4) is 0 Å². The number of aromatic nitrogens is 1. The third-order valence-electron chi connectivity index (χ3n) is 6.86. The molecule has 0 radical (unpaired) electrons. The van der Waals surface area contributed by atoms with Gasteiger partial charge in [-0.1, -0.05) is 5.16 Å². The average molecular weight is 411 g/mol. The molecule has 3 atom stereocenters. The van der Waals surface area contributed by atoms with Gasteiger partial charge >= 0.3 is 0 Å². The van der Waals surface area contributed by atoms with Crippen LogP contribution in [-0.4, -0.2) is 55.6 Å². The van der Waals surface area contributed by atoms with Crippen molar-refractivity contribution >= 4 is 34.9 Å². The van der Waals surface area contributed by atoms with Crippen molar-refractivity contribution in [3.63, 3.8) is 0 Å². The number of nitrogens with one attached hydrogen (secondary N) is 1. The van der Waals surface area contributed by atoms with Crippen molar-refractivity contribution in [2.75, 3.05) is 30.0 Å². The molecule has 30 heavy (non-hydrogen) atoms. The van der Waals surface area contributed by atoms with Crippen LogP contribution in [0.3, 0.4) is 0 Å². The highest BCUT2D eigenvalue weighted by atomic mass is 19.1. The van der Waals surface area contributed by atoms with Gasteiger partial charge in [0.15, 0.2) is 11.6 Å². The fourth-order valence-corrected chi connectivity index (χ4v) is 5.48. The standard InChI is InChI=1S/C22H26FN5O2/c1-12-8-28-18-15(6-22(9-24-11-25-10-22)20(28)13(2)29-12)5-16-19(17(18)23)30-27-21(16)26-7-14-3-4-14/h5,9-10,12-14,20H,3-4,6-8,11H2,1-2H3,(H,26,27)/t12-,13+,20-/m0/s1. The number of benzene rings is 1. The third kappa shape index (κ3) is 2.69. The molecule has 1 aromatic heterocycles. The lowest BCUT2D eigenvalue weighted by Gasteiger charge is -2.54. The molecule has 4 heterocycles. The van der Waals surface area contributed by atoms with E-state index in [1.54, 1.807) is 0 Å². The topological polar surface area (TPSA) is 75.2 Å². The molecule has 1 spiro atoms. The summed E-state index contributed by atoms with van der Waals surface area (Å²) in [5, 5.41) is 8.20. The molecule has 8 heteroatoms. The number of hydrogen-bond donors (Lipinski definition) is 1. The van der Waals surface area contributed by atoms with Crippen molar-refractivity contribution in [1.29, 1.82) is 0 Å². The molecular weight excluding hydrogens is 385 g/mol. The molecule has 1 aromatic carbocycles. The summed E-state index contributed by atoms with van der Waals surface area (Å²) in [6, 6.07) is 1.97. The maximum atomic E-state index is 15.8. The number of aliphatic imine (C=N–C) groups is 2. The molecule has 1 saturated heterocycles. The quantitative estimate of drug-likeness (QED) is 0.838. The van der Waals surface area contributed by atoms with Gasteiger partial charge in [-0.2, -0.15) is 0 Å². The molecule has 2 aromatic rings. The number of ether oxygens (including phenoxy) is 1. The van der Waals surface area contributed by atoms with Crippen LogP contribution in [0.25, 0.3) is 11.0 Å². The van der Waals surface area contributed by atoms with E-state index in [0.29, 0.717) is 42.4 Å². The Morgan fingerprint density at radius 3 is 2.83 bits per heavy atom. The van der Waals surface area contributed by atoms with Gasteiger partial charge in [0.25, 0.3) is 0 Å². The maximum absolute atomic E-state index is 15.8. The largest absolute Gasteiger partial charge is 0.372 e. The molecule has 2 fully saturated rings. The molecule has 7 nitrogen and oxygen atoms in total. The van der Waals surface area contributed by atoms with Crippen molar-refractivity contribution in [2.24, 2.45) is 21.3 Å². The van der Waals surface area contributed by atoms with Crippen molar-refractivity contribution in [3.05, 3.63) is 17.4 Å². The number of hydrogen-bond acceptors (Lipinski definition) is 7. The normalized spacial score (nSPS) is 29.3. The highest BCUT2D eigenvalue weighted by Crippen LogP contribution is 2.48. The Morgan fingerprint density at radius 1 is 1.27 bits per heavy atom. The number of rotatable bonds is 3. The highest BCUT2D eigenvalue weighted by Gasteiger charge is 2.52. The highest BCUT2D eigenvalue weighted by molar-refractivity contribution is 5.97. The molecule has 0 unspecified atom stereocenters. The SMILES string of the molecule is C[C@H]1CN2c3c(cc4c(NCC5CC5)noc4c3F)CC3(C=NCN=C3)[C@@H]2[C@@H](C)O1. The van der Waals surface area contributed by atoms with Gasteiger partial charge in [0.1, 0.15) is 6.67 Å². The molecule has 0 bridgehead atoms. The smallest absolute Gasteiger partial charge is 0.206 e. The van der Waals surface area contributed by atoms with Crippen molar-refractivity contribution < 1.29 is 13.7 Å². The van der Waals surface area contributed by atoms with Gasteiger partial charge in [-0.05, 0) is 50.7 Å². The molecule has 1 aliphatic carbocycles. The Labute approximate surface area is 174 Å². The Morgan fingerprint density at radius 2 is 2.07 bits per heavy atom. The maximum Gasteiger partial charge on any atom is 0.206 e. The van der Waals surface area contributed by atoms with Gasteiger partial charge < -0.3 is 19.5 Å². The summed E-state index contributed by atoms with van der Waals surface area (Å²) < 4.78 is 27.5. The van der Waals surface area contributed by atoms with E-state index in [-0.39, 0.29) is 29.7 Å². The van der Waals surface area contributed by atoms with E-state index < -0.39 is 5.41 Å². The minimum absolute atomic E-state index is 0.00249. The Hall–Kier alpha value is -2.48. The second-order valence-electron chi connectivity index (χ2n) is 9.23. The van der Waals surface area contributed by atoms with Crippen LogP contribution in [0.5, 0.6) is 0 Å². The van der Waals surface area contributed by atoms with Gasteiger partial charge in [0, 0.05) is 25.5 Å². The van der Waals surface area contributed by atoms with Crippen LogP contribution >= 0.6 is 0 Å². The average Bonchev–Trinajstić information content (AvgIpc) is 3.45. The second kappa shape index (κ2) is 6.51. The summed E-state index contributed by atoms with van der Waals surface area (Å²) in [6.07, 6.45) is 7.01. The Balaban J connectivity index is 1.50. The van der Waals surface area contributed by atoms with Crippen LogP contribution in [0.4, 0.5) is 15.9 Å². The zero-order valence-corrected chi connectivity index (χ0v) is 17.3. The summed E-state index contributed by atoms with van der Waals surface area (Å²) in [5.74, 6) is 0.985. The van der Waals surface area contributed by atoms with Crippen molar-refractivity contribution in [1.82, 2.24) is 5.16 Å². The van der Waals surface area contributed by atoms with Gasteiger partial charge in [-0.25, -0.2) is 4.39 Å². The predicted molar refractivity (Wildman–Crippen MR) is 114 cm³/mol. The Kier molecular flexibility index (Phi) is 3.97. The molecule has 6 rings (SSSR count). The summed E-state index contributed by atoms with van der Waals surface area (Å²) >= 11 is 0. The fourth-order valence-electron chi connectivity index (χ4n) is 5.48. The zero-order chi connectivity index (χ0) is 20.5. The third-order valence-corrected chi connectivity index (χ3v) is 6.86. The van der Waals surface area contributed by atoms with Gasteiger partial charge in [-0.3, -0.25) is 9.98 Å². The van der Waals surface area contributed by atoms with E-state index in [0.717, 1.165) is 12.1 Å². The van der Waals surface area contributed by atoms with E-state index in [1.165, 1.54) is 12.8 Å². The molecular formula is C22H26FN5O2.